The Morgan fingerprint density at radius 1 is 0.367 bits per heavy atom. The number of carbonyl (C=O) groups excluding carboxylic acids is 2. The van der Waals surface area contributed by atoms with Crippen LogP contribution in [0.3, 0.4) is 0 Å². The van der Waals surface area contributed by atoms with Crippen molar-refractivity contribution in [3.05, 3.63) is 0 Å². The zero-order chi connectivity index (χ0) is 39.7. The second kappa shape index (κ2) is 13.9. The maximum absolute atomic E-state index is 13.8. The Morgan fingerprint density at radius 3 is 0.898 bits per heavy atom. The lowest BCUT2D eigenvalue weighted by atomic mass is 9.88. The van der Waals surface area contributed by atoms with E-state index in [0.717, 1.165) is 10.9 Å². The van der Waals surface area contributed by atoms with Gasteiger partial charge in [0, 0.05) is 12.8 Å². The molecule has 0 aliphatic rings. The van der Waals surface area contributed by atoms with Crippen molar-refractivity contribution < 1.29 is 124 Å². The number of alkyl halides is 24. The summed E-state index contributed by atoms with van der Waals surface area (Å²) in [5.74, 6) is -70.1. The number of carbonyl (C=O) groups is 2. The summed E-state index contributed by atoms with van der Waals surface area (Å²) in [6.45, 7) is -3.06. The first-order valence-electron chi connectivity index (χ1n) is 11.6. The van der Waals surface area contributed by atoms with Gasteiger partial charge in [-0.2, -0.15) is 105 Å². The maximum Gasteiger partial charge on any atom is 0.460 e. The first-order chi connectivity index (χ1) is 21.2. The summed E-state index contributed by atoms with van der Waals surface area (Å²) in [5.41, 5.74) is 2.15. The van der Waals surface area contributed by atoms with Gasteiger partial charge in [-0.1, -0.05) is 0 Å². The third kappa shape index (κ3) is 8.43. The average molecular weight is 790 g/mol. The fourth-order valence-electron chi connectivity index (χ4n) is 2.81. The van der Waals surface area contributed by atoms with Gasteiger partial charge in [0.15, 0.2) is 0 Å². The van der Waals surface area contributed by atoms with Crippen LogP contribution < -0.4 is 10.9 Å². The van der Waals surface area contributed by atoms with Gasteiger partial charge in [-0.15, -0.1) is 0 Å². The van der Waals surface area contributed by atoms with Crippen molar-refractivity contribution in [2.75, 3.05) is 13.2 Å². The zero-order valence-electron chi connectivity index (χ0n) is 22.4. The summed E-state index contributed by atoms with van der Waals surface area (Å²) in [6, 6.07) is 0. The van der Waals surface area contributed by atoms with E-state index in [-0.39, 0.29) is 0 Å². The van der Waals surface area contributed by atoms with E-state index in [2.05, 4.69) is 9.47 Å². The molecule has 0 bridgehead atoms. The highest BCUT2D eigenvalue weighted by Crippen LogP contribution is 2.64. The molecule has 0 saturated heterocycles. The molecule has 0 rings (SSSR count). The molecule has 6 nitrogen and oxygen atoms in total. The maximum atomic E-state index is 13.8. The van der Waals surface area contributed by atoms with E-state index in [1.54, 1.807) is 0 Å². The average Bonchev–Trinajstić information content (AvgIpc) is 2.90. The van der Waals surface area contributed by atoms with E-state index < -0.39 is 117 Å². The van der Waals surface area contributed by atoms with Crippen LogP contribution in [0.15, 0.2) is 0 Å². The molecule has 0 aromatic rings. The smallest absolute Gasteiger partial charge is 0.448 e. The minimum atomic E-state index is -8.82. The number of rotatable bonds is 15. The van der Waals surface area contributed by atoms with Crippen LogP contribution in [0.2, 0.25) is 0 Å². The normalized spacial score (nSPS) is 15.2. The third-order valence-corrected chi connectivity index (χ3v) is 5.61. The molecule has 0 spiro atoms. The molecule has 0 aromatic heterocycles. The SMILES string of the molecule is O=C(NNC(=O)OCCCC(F)(F)C(F)(F)C(F)(F)C(F)(F)C(F)(F)C(F)(F)C(F)(F)C(F)(F)F)OCCCC(F)(F)C(F)(F)C(F)(F)F. The number of halogens is 24. The lowest BCUT2D eigenvalue weighted by Crippen LogP contribution is -2.74. The van der Waals surface area contributed by atoms with Crippen molar-refractivity contribution >= 4 is 12.2 Å². The van der Waals surface area contributed by atoms with E-state index in [0.29, 0.717) is 0 Å². The highest BCUT2D eigenvalue weighted by molar-refractivity contribution is 5.73. The Hall–Kier alpha value is -3.14. The van der Waals surface area contributed by atoms with Crippen molar-refractivity contribution in [2.45, 2.75) is 91.3 Å². The number of hydrogen-bond acceptors (Lipinski definition) is 4. The monoisotopic (exact) mass is 790 g/mol. The number of nitrogens with one attached hydrogen (secondary N) is 2. The second-order valence-electron chi connectivity index (χ2n) is 9.15. The largest absolute Gasteiger partial charge is 0.460 e. The molecule has 0 aliphatic carbocycles. The van der Waals surface area contributed by atoms with E-state index in [1.807, 2.05) is 0 Å². The van der Waals surface area contributed by atoms with Crippen LogP contribution in [0.5, 0.6) is 0 Å². The standard InChI is InChI=1S/C19H14F24N2O4/c20-9(21,11(24,25)13(28,29)14(30,31)15(32,33)16(34,35)17(36,37)19(41,42)43)3-1-5-48-7(46)44-45-8(47)49-6-2-4-10(22,23)12(26,27)18(38,39)40/h1-6H2,(H,44,46)(H,45,47). The van der Waals surface area contributed by atoms with Crippen molar-refractivity contribution in [1.82, 2.24) is 10.9 Å². The first-order valence-corrected chi connectivity index (χ1v) is 11.6. The fraction of sp³-hybridized carbons (Fsp3) is 0.895. The molecule has 0 atom stereocenters. The number of ether oxygens (including phenoxy) is 2. The topological polar surface area (TPSA) is 76.7 Å². The predicted molar refractivity (Wildman–Crippen MR) is 104 cm³/mol. The number of hydrogen-bond donors (Lipinski definition) is 2. The number of amides is 2. The number of hydrazine groups is 1. The Morgan fingerprint density at radius 2 is 0.612 bits per heavy atom. The molecule has 0 fully saturated rings. The van der Waals surface area contributed by atoms with Gasteiger partial charge < -0.3 is 9.47 Å². The van der Waals surface area contributed by atoms with Gasteiger partial charge >= 0.3 is 77.8 Å². The quantitative estimate of drug-likeness (QED) is 0.0989. The van der Waals surface area contributed by atoms with Gasteiger partial charge in [0.1, 0.15) is 0 Å². The van der Waals surface area contributed by atoms with E-state index in [9.17, 15) is 115 Å². The molecule has 0 unspecified atom stereocenters. The zero-order valence-corrected chi connectivity index (χ0v) is 22.4. The summed E-state index contributed by atoms with van der Waals surface area (Å²) < 4.78 is 320. The summed E-state index contributed by atoms with van der Waals surface area (Å²) in [6.07, 6.45) is -27.1. The molecule has 49 heavy (non-hydrogen) atoms. The van der Waals surface area contributed by atoms with E-state index >= 15 is 0 Å². The van der Waals surface area contributed by atoms with Crippen LogP contribution in [0.1, 0.15) is 25.7 Å². The molecule has 0 aromatic carbocycles. The van der Waals surface area contributed by atoms with E-state index in [4.69, 9.17) is 0 Å². The first kappa shape index (κ1) is 45.9. The minimum absolute atomic E-state index is 1.06. The highest BCUT2D eigenvalue weighted by Gasteiger charge is 2.95. The molecule has 2 amide bonds. The van der Waals surface area contributed by atoms with Crippen molar-refractivity contribution in [2.24, 2.45) is 0 Å². The van der Waals surface area contributed by atoms with Gasteiger partial charge in [0.2, 0.25) is 0 Å². The van der Waals surface area contributed by atoms with Crippen LogP contribution in [-0.2, 0) is 9.47 Å². The van der Waals surface area contributed by atoms with Gasteiger partial charge in [0.25, 0.3) is 0 Å². The van der Waals surface area contributed by atoms with Gasteiger partial charge in [-0.25, -0.2) is 20.4 Å². The molecule has 30 heteroatoms. The van der Waals surface area contributed by atoms with Gasteiger partial charge in [-0.3, -0.25) is 0 Å². The molecule has 0 aliphatic heterocycles. The molecular formula is C19H14F24N2O4. The third-order valence-electron chi connectivity index (χ3n) is 5.61. The summed E-state index contributed by atoms with van der Waals surface area (Å²) >= 11 is 0. The Labute approximate surface area is 253 Å². The molecule has 292 valence electrons. The Balaban J connectivity index is 5.25. The minimum Gasteiger partial charge on any atom is -0.448 e. The van der Waals surface area contributed by atoms with Crippen LogP contribution in [0, 0.1) is 0 Å². The van der Waals surface area contributed by atoms with Crippen LogP contribution in [0.4, 0.5) is 115 Å². The molecule has 2 N–H and O–H groups in total. The van der Waals surface area contributed by atoms with Crippen molar-refractivity contribution in [1.29, 1.82) is 0 Å². The summed E-state index contributed by atoms with van der Waals surface area (Å²) in [4.78, 5) is 22.4. The second-order valence-corrected chi connectivity index (χ2v) is 9.15. The Bertz CT molecular complexity index is 1150. The Kier molecular flexibility index (Phi) is 13.0. The molecular weight excluding hydrogens is 776 g/mol. The van der Waals surface area contributed by atoms with Crippen molar-refractivity contribution in [3.8, 4) is 0 Å². The summed E-state index contributed by atoms with van der Waals surface area (Å²) in [7, 11) is 0. The van der Waals surface area contributed by atoms with E-state index in [1.165, 1.54) is 0 Å². The molecule has 0 radical (unpaired) electrons. The van der Waals surface area contributed by atoms with Crippen LogP contribution >= 0.6 is 0 Å². The van der Waals surface area contributed by atoms with Crippen molar-refractivity contribution in [3.63, 3.8) is 0 Å². The molecule has 0 saturated carbocycles. The predicted octanol–water partition coefficient (Wildman–Crippen LogP) is 8.76. The lowest BCUT2D eigenvalue weighted by molar-refractivity contribution is -0.461. The fourth-order valence-corrected chi connectivity index (χ4v) is 2.81. The van der Waals surface area contributed by atoms with Crippen LogP contribution in [-0.4, -0.2) is 91.1 Å². The van der Waals surface area contributed by atoms with Gasteiger partial charge in [0.05, 0.1) is 13.2 Å². The van der Waals surface area contributed by atoms with Gasteiger partial charge in [-0.05, 0) is 12.8 Å². The summed E-state index contributed by atoms with van der Waals surface area (Å²) in [5, 5.41) is 0. The molecule has 0 heterocycles. The highest BCUT2D eigenvalue weighted by atomic mass is 19.4. The lowest BCUT2D eigenvalue weighted by Gasteiger charge is -2.42. The van der Waals surface area contributed by atoms with Crippen LogP contribution in [0.25, 0.3) is 0 Å².